The molecule has 4 rings (SSSR count). The summed E-state index contributed by atoms with van der Waals surface area (Å²) in [6.07, 6.45) is -1.71. The van der Waals surface area contributed by atoms with E-state index in [1.54, 1.807) is 24.3 Å². The van der Waals surface area contributed by atoms with Crippen LogP contribution in [0.5, 0.6) is 0 Å². The van der Waals surface area contributed by atoms with Gasteiger partial charge in [-0.05, 0) is 34.1 Å². The molecule has 0 unspecified atom stereocenters. The van der Waals surface area contributed by atoms with Gasteiger partial charge in [-0.25, -0.2) is 14.8 Å². The van der Waals surface area contributed by atoms with Gasteiger partial charge in [-0.2, -0.15) is 13.2 Å². The quantitative estimate of drug-likeness (QED) is 0.277. The highest BCUT2D eigenvalue weighted by atomic mass is 79.9. The highest BCUT2D eigenvalue weighted by Crippen LogP contribution is 2.41. The molecule has 1 amide bonds. The Morgan fingerprint density at radius 1 is 1.26 bits per heavy atom. The third-order valence-corrected chi connectivity index (χ3v) is 5.67. The third kappa shape index (κ3) is 4.65. The predicted octanol–water partition coefficient (Wildman–Crippen LogP) is 5.18. The van der Waals surface area contributed by atoms with Gasteiger partial charge in [0.1, 0.15) is 5.56 Å². The Balaban J connectivity index is 1.81. The van der Waals surface area contributed by atoms with E-state index < -0.39 is 17.8 Å². The van der Waals surface area contributed by atoms with E-state index in [4.69, 9.17) is 5.73 Å². The molecule has 0 saturated carbocycles. The van der Waals surface area contributed by atoms with Crippen LogP contribution in [0.15, 0.2) is 47.3 Å². The second kappa shape index (κ2) is 9.27. The van der Waals surface area contributed by atoms with Crippen LogP contribution >= 0.6 is 15.9 Å². The lowest BCUT2D eigenvalue weighted by molar-refractivity contribution is -0.137. The molecule has 0 aliphatic carbocycles. The van der Waals surface area contributed by atoms with Crippen LogP contribution in [0.4, 0.5) is 35.3 Å². The maximum absolute atomic E-state index is 13.8. The molecule has 0 atom stereocenters. The van der Waals surface area contributed by atoms with Gasteiger partial charge in [-0.3, -0.25) is 10.3 Å². The van der Waals surface area contributed by atoms with Crippen molar-refractivity contribution in [3.8, 4) is 11.3 Å². The zero-order chi connectivity index (χ0) is 24.5. The molecular weight excluding hydrogens is 519 g/mol. The van der Waals surface area contributed by atoms with Gasteiger partial charge in [0.2, 0.25) is 5.95 Å². The molecule has 34 heavy (non-hydrogen) atoms. The van der Waals surface area contributed by atoms with E-state index in [-0.39, 0.29) is 23.8 Å². The first-order valence-corrected chi connectivity index (χ1v) is 10.5. The summed E-state index contributed by atoms with van der Waals surface area (Å²) < 4.78 is 46.5. The predicted molar refractivity (Wildman–Crippen MR) is 123 cm³/mol. The molecule has 0 spiro atoms. The number of aromatic nitrogens is 4. The average Bonchev–Trinajstić information content (AvgIpc) is 3.25. The Bertz CT molecular complexity index is 1370. The fourth-order valence-corrected chi connectivity index (χ4v) is 3.83. The number of carbonyl (C=O) groups excluding carboxylic acids is 1. The van der Waals surface area contributed by atoms with Crippen molar-refractivity contribution in [1.29, 1.82) is 0 Å². The molecule has 0 aliphatic heterocycles. The number of fused-ring (bicyclic) bond motifs is 1. The monoisotopic (exact) mass is 535 g/mol. The Kier molecular flexibility index (Phi) is 6.39. The van der Waals surface area contributed by atoms with Gasteiger partial charge < -0.3 is 20.8 Å². The fraction of sp³-hybridized carbons (Fsp3) is 0.143. The van der Waals surface area contributed by atoms with Gasteiger partial charge in [-0.1, -0.05) is 6.07 Å². The lowest BCUT2D eigenvalue weighted by Gasteiger charge is -2.14. The number of pyridine rings is 1. The number of nitrogens with one attached hydrogen (secondary N) is 3. The molecule has 3 heterocycles. The van der Waals surface area contributed by atoms with Crippen LogP contribution in [-0.4, -0.2) is 33.1 Å². The van der Waals surface area contributed by atoms with Gasteiger partial charge in [-0.15, -0.1) is 0 Å². The number of aromatic amines is 1. The summed E-state index contributed by atoms with van der Waals surface area (Å²) in [5.74, 6) is -0.0328. The van der Waals surface area contributed by atoms with Crippen LogP contribution in [0.2, 0.25) is 0 Å². The molecule has 0 fully saturated rings. The number of alkyl halides is 3. The Labute approximate surface area is 199 Å². The van der Waals surface area contributed by atoms with Gasteiger partial charge in [0, 0.05) is 41.8 Å². The number of anilines is 3. The first kappa shape index (κ1) is 23.4. The van der Waals surface area contributed by atoms with E-state index in [9.17, 15) is 18.0 Å². The molecule has 3 aromatic heterocycles. The Morgan fingerprint density at radius 2 is 2.06 bits per heavy atom. The zero-order valence-electron chi connectivity index (χ0n) is 17.5. The van der Waals surface area contributed by atoms with Crippen LogP contribution in [-0.2, 0) is 17.5 Å². The molecule has 0 radical (unpaired) electrons. The summed E-state index contributed by atoms with van der Waals surface area (Å²) >= 11 is 3.37. The first-order valence-electron chi connectivity index (χ1n) is 9.72. The Hall–Kier alpha value is -3.71. The summed E-state index contributed by atoms with van der Waals surface area (Å²) in [5.41, 5.74) is 6.45. The number of nitrogens with two attached hydrogens (primary N) is 1. The summed E-state index contributed by atoms with van der Waals surface area (Å²) in [6, 6.07) is 6.39. The van der Waals surface area contributed by atoms with Gasteiger partial charge >= 0.3 is 12.3 Å². The molecule has 4 aromatic rings. The third-order valence-electron chi connectivity index (χ3n) is 4.85. The zero-order valence-corrected chi connectivity index (χ0v) is 19.1. The van der Waals surface area contributed by atoms with Crippen molar-refractivity contribution in [2.24, 2.45) is 5.73 Å². The van der Waals surface area contributed by atoms with Crippen molar-refractivity contribution in [3.63, 3.8) is 0 Å². The molecule has 1 aromatic carbocycles. The number of hydrogen-bond acceptors (Lipinski definition) is 7. The van der Waals surface area contributed by atoms with E-state index >= 15 is 0 Å². The Morgan fingerprint density at radius 3 is 2.76 bits per heavy atom. The lowest BCUT2D eigenvalue weighted by Crippen LogP contribution is -2.11. The van der Waals surface area contributed by atoms with Crippen molar-refractivity contribution in [1.82, 2.24) is 19.9 Å². The number of amides is 1. The number of methoxy groups -OCH3 is 1. The van der Waals surface area contributed by atoms with Crippen LogP contribution in [0, 0.1) is 0 Å². The summed E-state index contributed by atoms with van der Waals surface area (Å²) in [6.45, 7) is 0.200. The van der Waals surface area contributed by atoms with Gasteiger partial charge in [0.25, 0.3) is 0 Å². The maximum Gasteiger partial charge on any atom is 0.419 e. The summed E-state index contributed by atoms with van der Waals surface area (Å²) in [5, 5.41) is 5.87. The second-order valence-corrected chi connectivity index (χ2v) is 7.78. The summed E-state index contributed by atoms with van der Waals surface area (Å²) in [7, 11) is 1.22. The number of nitrogens with zero attached hydrogens (tertiary/aromatic N) is 3. The largest absolute Gasteiger partial charge is 0.453 e. The number of rotatable bonds is 5. The van der Waals surface area contributed by atoms with E-state index in [0.717, 1.165) is 6.20 Å². The van der Waals surface area contributed by atoms with E-state index in [1.807, 2.05) is 0 Å². The molecule has 176 valence electrons. The molecule has 0 saturated heterocycles. The van der Waals surface area contributed by atoms with Crippen molar-refractivity contribution in [3.05, 3.63) is 58.6 Å². The minimum atomic E-state index is -4.69. The van der Waals surface area contributed by atoms with Crippen molar-refractivity contribution in [2.75, 3.05) is 17.7 Å². The van der Waals surface area contributed by atoms with E-state index in [2.05, 4.69) is 51.2 Å². The van der Waals surface area contributed by atoms with Crippen molar-refractivity contribution < 1.29 is 22.7 Å². The second-order valence-electron chi connectivity index (χ2n) is 6.99. The molecular formula is C21H17BrF3N7O2. The first-order chi connectivity index (χ1) is 16.2. The highest BCUT2D eigenvalue weighted by molar-refractivity contribution is 9.10. The SMILES string of the molecule is COC(=O)Nc1ccc2c(-c3nc(Nc4ccnc(CN)c4)ncc3C(F)(F)F)c[nH]c2c1Br. The number of carbonyl (C=O) groups is 1. The number of ether oxygens (including phenoxy) is 1. The van der Waals surface area contributed by atoms with Gasteiger partial charge in [0.05, 0.1) is 34.2 Å². The van der Waals surface area contributed by atoms with Crippen LogP contribution in [0.3, 0.4) is 0 Å². The highest BCUT2D eigenvalue weighted by Gasteiger charge is 2.36. The van der Waals surface area contributed by atoms with E-state index in [1.165, 1.54) is 19.5 Å². The molecule has 9 nitrogen and oxygen atoms in total. The molecule has 13 heteroatoms. The molecule has 5 N–H and O–H groups in total. The average molecular weight is 536 g/mol. The smallest absolute Gasteiger partial charge is 0.419 e. The van der Waals surface area contributed by atoms with Crippen molar-refractivity contribution >= 4 is 50.2 Å². The number of benzene rings is 1. The molecule has 0 aliphatic rings. The fourth-order valence-electron chi connectivity index (χ4n) is 3.27. The van der Waals surface area contributed by atoms with Crippen molar-refractivity contribution in [2.45, 2.75) is 12.7 Å². The molecule has 0 bridgehead atoms. The number of H-pyrrole nitrogens is 1. The van der Waals surface area contributed by atoms with E-state index in [0.29, 0.717) is 32.4 Å². The maximum atomic E-state index is 13.8. The van der Waals surface area contributed by atoms with Crippen LogP contribution in [0.25, 0.3) is 22.2 Å². The number of halogens is 4. The topological polar surface area (TPSA) is 131 Å². The summed E-state index contributed by atoms with van der Waals surface area (Å²) in [4.78, 5) is 26.6. The lowest BCUT2D eigenvalue weighted by atomic mass is 10.1. The minimum absolute atomic E-state index is 0.0328. The van der Waals surface area contributed by atoms with Crippen LogP contribution < -0.4 is 16.4 Å². The minimum Gasteiger partial charge on any atom is -0.453 e. The number of hydrogen-bond donors (Lipinski definition) is 4. The van der Waals surface area contributed by atoms with Gasteiger partial charge in [0.15, 0.2) is 0 Å². The normalized spacial score (nSPS) is 11.5. The van der Waals surface area contributed by atoms with Crippen LogP contribution in [0.1, 0.15) is 11.3 Å². The standard InChI is InChI=1S/C21H17BrF3N7O2/c1-34-20(33)31-15-3-2-12-13(8-28-18(12)16(15)22)17-14(21(23,24)25)9-29-19(32-17)30-10-4-5-27-11(6-10)7-26/h2-6,8-9,28H,7,26H2,1H3,(H,31,33)(H,27,29,30,32).